The summed E-state index contributed by atoms with van der Waals surface area (Å²) < 4.78 is 27.6. The molecule has 3 N–H and O–H groups in total. The molecule has 1 fully saturated rings. The van der Waals surface area contributed by atoms with Gasteiger partial charge in [0.25, 0.3) is 0 Å². The van der Waals surface area contributed by atoms with Gasteiger partial charge in [-0.2, -0.15) is 5.10 Å². The van der Waals surface area contributed by atoms with Gasteiger partial charge in [0, 0.05) is 25.8 Å². The average molecular weight is 315 g/mol. The summed E-state index contributed by atoms with van der Waals surface area (Å²) in [6.45, 7) is 3.45. The number of hydrogen-bond donors (Lipinski definition) is 3. The summed E-state index contributed by atoms with van der Waals surface area (Å²) in [5.41, 5.74) is 0. The molecule has 0 bridgehead atoms. The zero-order valence-electron chi connectivity index (χ0n) is 12.2. The van der Waals surface area contributed by atoms with E-state index in [1.807, 2.05) is 0 Å². The fourth-order valence-electron chi connectivity index (χ4n) is 2.22. The van der Waals surface area contributed by atoms with E-state index in [1.54, 1.807) is 7.05 Å². The third-order valence-corrected chi connectivity index (χ3v) is 4.94. The normalized spacial score (nSPS) is 23.0. The molecule has 118 valence electrons. The van der Waals surface area contributed by atoms with Crippen LogP contribution in [0.25, 0.3) is 0 Å². The summed E-state index contributed by atoms with van der Waals surface area (Å²) in [5, 5.41) is 9.86. The number of nitrogens with zero attached hydrogens (tertiary/aromatic N) is 2. The summed E-state index contributed by atoms with van der Waals surface area (Å²) in [6.07, 6.45) is 3.62. The molecule has 9 heteroatoms. The van der Waals surface area contributed by atoms with Crippen molar-refractivity contribution < 1.29 is 13.2 Å². The molecule has 0 radical (unpaired) electrons. The van der Waals surface area contributed by atoms with E-state index in [0.717, 1.165) is 13.0 Å². The number of aromatic nitrogens is 2. The highest BCUT2D eigenvalue weighted by Gasteiger charge is 2.23. The summed E-state index contributed by atoms with van der Waals surface area (Å²) in [6, 6.07) is 0.0362. The topological polar surface area (TPSA) is 105 Å². The molecule has 1 aliphatic heterocycles. The summed E-state index contributed by atoms with van der Waals surface area (Å²) in [4.78, 5) is 11.9. The lowest BCUT2D eigenvalue weighted by atomic mass is 9.95. The van der Waals surface area contributed by atoms with E-state index in [1.165, 1.54) is 17.1 Å². The maximum Gasteiger partial charge on any atom is 0.244 e. The highest BCUT2D eigenvalue weighted by Crippen LogP contribution is 2.11. The molecule has 21 heavy (non-hydrogen) atoms. The van der Waals surface area contributed by atoms with E-state index in [-0.39, 0.29) is 23.4 Å². The van der Waals surface area contributed by atoms with Gasteiger partial charge in [-0.15, -0.1) is 0 Å². The molecule has 8 nitrogen and oxygen atoms in total. The quantitative estimate of drug-likeness (QED) is 0.634. The lowest BCUT2D eigenvalue weighted by Crippen LogP contribution is -2.52. The van der Waals surface area contributed by atoms with Crippen LogP contribution in [0.5, 0.6) is 0 Å². The monoisotopic (exact) mass is 315 g/mol. The number of carbonyl (C=O) groups is 1. The number of amides is 1. The Morgan fingerprint density at radius 2 is 2.33 bits per heavy atom. The van der Waals surface area contributed by atoms with Gasteiger partial charge in [-0.05, 0) is 18.9 Å². The van der Waals surface area contributed by atoms with Gasteiger partial charge in [-0.25, -0.2) is 13.1 Å². The molecular weight excluding hydrogens is 294 g/mol. The SMILES string of the molecule is CC1CCNCC1NC(=O)CNS(=O)(=O)c1cnn(C)c1. The molecule has 0 aliphatic carbocycles. The second-order valence-electron chi connectivity index (χ2n) is 5.32. The van der Waals surface area contributed by atoms with Crippen molar-refractivity contribution in [2.75, 3.05) is 19.6 Å². The number of aryl methyl sites for hydroxylation is 1. The molecular formula is C12H21N5O3S. The molecule has 1 aromatic rings. The Balaban J connectivity index is 1.86. The molecule has 0 spiro atoms. The third kappa shape index (κ3) is 4.26. The first-order valence-corrected chi connectivity index (χ1v) is 8.35. The van der Waals surface area contributed by atoms with Crippen molar-refractivity contribution in [3.05, 3.63) is 12.4 Å². The zero-order chi connectivity index (χ0) is 15.5. The number of carbonyl (C=O) groups excluding carboxylic acids is 1. The van der Waals surface area contributed by atoms with Gasteiger partial charge in [-0.1, -0.05) is 6.92 Å². The smallest absolute Gasteiger partial charge is 0.244 e. The number of sulfonamides is 1. The maximum atomic E-state index is 11.9. The fourth-order valence-corrected chi connectivity index (χ4v) is 3.19. The average Bonchev–Trinajstić information content (AvgIpc) is 2.87. The number of rotatable bonds is 5. The van der Waals surface area contributed by atoms with Gasteiger partial charge in [0.2, 0.25) is 15.9 Å². The van der Waals surface area contributed by atoms with Crippen LogP contribution in [0.15, 0.2) is 17.3 Å². The van der Waals surface area contributed by atoms with Crippen molar-refractivity contribution in [2.24, 2.45) is 13.0 Å². The van der Waals surface area contributed by atoms with Crippen molar-refractivity contribution >= 4 is 15.9 Å². The summed E-state index contributed by atoms with van der Waals surface area (Å²) in [7, 11) is -2.07. The van der Waals surface area contributed by atoms with Crippen LogP contribution < -0.4 is 15.4 Å². The molecule has 2 unspecified atom stereocenters. The van der Waals surface area contributed by atoms with Crippen LogP contribution in [0.3, 0.4) is 0 Å². The van der Waals surface area contributed by atoms with E-state index < -0.39 is 10.0 Å². The molecule has 0 saturated carbocycles. The standard InChI is InChI=1S/C12H21N5O3S/c1-9-3-4-13-6-11(9)16-12(18)7-15-21(19,20)10-5-14-17(2)8-10/h5,8-9,11,13,15H,3-4,6-7H2,1-2H3,(H,16,18). The van der Waals surface area contributed by atoms with Crippen molar-refractivity contribution in [2.45, 2.75) is 24.3 Å². The molecule has 0 aromatic carbocycles. The first-order valence-electron chi connectivity index (χ1n) is 6.87. The minimum Gasteiger partial charge on any atom is -0.351 e. The van der Waals surface area contributed by atoms with Gasteiger partial charge in [0.15, 0.2) is 0 Å². The van der Waals surface area contributed by atoms with Gasteiger partial charge in [0.05, 0.1) is 12.7 Å². The first-order chi connectivity index (χ1) is 9.88. The van der Waals surface area contributed by atoms with E-state index in [0.29, 0.717) is 12.5 Å². The first kappa shape index (κ1) is 15.9. The Labute approximate surface area is 124 Å². The van der Waals surface area contributed by atoms with Gasteiger partial charge in [0.1, 0.15) is 4.90 Å². The lowest BCUT2D eigenvalue weighted by Gasteiger charge is -2.30. The predicted molar refractivity (Wildman–Crippen MR) is 77.0 cm³/mol. The third-order valence-electron chi connectivity index (χ3n) is 3.59. The molecule has 1 aromatic heterocycles. The zero-order valence-corrected chi connectivity index (χ0v) is 13.0. The molecule has 1 aliphatic rings. The van der Waals surface area contributed by atoms with E-state index >= 15 is 0 Å². The van der Waals surface area contributed by atoms with Crippen molar-refractivity contribution in [1.29, 1.82) is 0 Å². The molecule has 1 saturated heterocycles. The Morgan fingerprint density at radius 1 is 1.57 bits per heavy atom. The predicted octanol–water partition coefficient (Wildman–Crippen LogP) is -1.19. The van der Waals surface area contributed by atoms with Crippen LogP contribution in [0, 0.1) is 5.92 Å². The molecule has 2 heterocycles. The fraction of sp³-hybridized carbons (Fsp3) is 0.667. The van der Waals surface area contributed by atoms with E-state index in [4.69, 9.17) is 0 Å². The van der Waals surface area contributed by atoms with Crippen molar-refractivity contribution in [3.63, 3.8) is 0 Å². The van der Waals surface area contributed by atoms with Crippen molar-refractivity contribution in [1.82, 2.24) is 25.1 Å². The largest absolute Gasteiger partial charge is 0.351 e. The molecule has 1 amide bonds. The maximum absolute atomic E-state index is 11.9. The second-order valence-corrected chi connectivity index (χ2v) is 7.09. The van der Waals surface area contributed by atoms with Crippen LogP contribution in [-0.4, -0.2) is 49.8 Å². The van der Waals surface area contributed by atoms with Crippen LogP contribution in [0.2, 0.25) is 0 Å². The van der Waals surface area contributed by atoms with Crippen LogP contribution >= 0.6 is 0 Å². The van der Waals surface area contributed by atoms with Crippen LogP contribution in [0.4, 0.5) is 0 Å². The Bertz CT molecular complexity index is 598. The van der Waals surface area contributed by atoms with Gasteiger partial charge in [-0.3, -0.25) is 9.48 Å². The van der Waals surface area contributed by atoms with Gasteiger partial charge < -0.3 is 10.6 Å². The summed E-state index contributed by atoms with van der Waals surface area (Å²) in [5.74, 6) is 0.0492. The minimum atomic E-state index is -3.70. The lowest BCUT2D eigenvalue weighted by molar-refractivity contribution is -0.121. The highest BCUT2D eigenvalue weighted by atomic mass is 32.2. The highest BCUT2D eigenvalue weighted by molar-refractivity contribution is 7.89. The second kappa shape index (κ2) is 6.54. The van der Waals surface area contributed by atoms with E-state index in [2.05, 4.69) is 27.4 Å². The summed E-state index contributed by atoms with van der Waals surface area (Å²) >= 11 is 0. The molecule has 2 rings (SSSR count). The molecule has 2 atom stereocenters. The van der Waals surface area contributed by atoms with Crippen LogP contribution in [-0.2, 0) is 21.9 Å². The van der Waals surface area contributed by atoms with Gasteiger partial charge >= 0.3 is 0 Å². The number of piperidine rings is 1. The Kier molecular flexibility index (Phi) is 4.96. The van der Waals surface area contributed by atoms with Crippen molar-refractivity contribution in [3.8, 4) is 0 Å². The Morgan fingerprint density at radius 3 is 2.95 bits per heavy atom. The number of nitrogens with one attached hydrogen (secondary N) is 3. The Hall–Kier alpha value is -1.45. The van der Waals surface area contributed by atoms with Crippen LogP contribution in [0.1, 0.15) is 13.3 Å². The number of hydrogen-bond acceptors (Lipinski definition) is 5. The minimum absolute atomic E-state index is 0.0362. The van der Waals surface area contributed by atoms with E-state index in [9.17, 15) is 13.2 Å².